The molecule has 1 aliphatic heterocycles. The van der Waals surface area contributed by atoms with Crippen LogP contribution in [0.15, 0.2) is 80.1 Å². The van der Waals surface area contributed by atoms with Crippen molar-refractivity contribution in [2.45, 2.75) is 26.8 Å². The summed E-state index contributed by atoms with van der Waals surface area (Å²) in [4.78, 5) is 42.5. The molecule has 198 valence electrons. The number of furan rings is 1. The molecule has 9 nitrogen and oxygen atoms in total. The van der Waals surface area contributed by atoms with Crippen LogP contribution in [0.5, 0.6) is 0 Å². The normalized spacial score (nSPS) is 15.2. The van der Waals surface area contributed by atoms with Gasteiger partial charge in [0.05, 0.1) is 33.4 Å². The van der Waals surface area contributed by atoms with Crippen LogP contribution in [0.4, 0.5) is 5.69 Å². The number of aryl methyl sites for hydroxylation is 1. The number of fused-ring (bicyclic) bond motifs is 1. The molecule has 0 spiro atoms. The fourth-order valence-corrected chi connectivity index (χ4v) is 5.58. The number of carbonyl (C=O) groups excluding carboxylic acids is 1. The highest BCUT2D eigenvalue weighted by Crippen LogP contribution is 2.32. The van der Waals surface area contributed by atoms with Crippen LogP contribution in [0.3, 0.4) is 0 Å². The van der Waals surface area contributed by atoms with Gasteiger partial charge in [-0.05, 0) is 50.6 Å². The Labute approximate surface area is 231 Å². The zero-order valence-corrected chi connectivity index (χ0v) is 22.7. The molecule has 1 atom stereocenters. The van der Waals surface area contributed by atoms with Crippen molar-refractivity contribution in [2.75, 3.05) is 6.61 Å². The van der Waals surface area contributed by atoms with E-state index in [9.17, 15) is 19.7 Å². The van der Waals surface area contributed by atoms with Gasteiger partial charge in [0.15, 0.2) is 4.80 Å². The van der Waals surface area contributed by atoms with E-state index in [1.54, 1.807) is 75.4 Å². The minimum absolute atomic E-state index is 0.00580. The van der Waals surface area contributed by atoms with Crippen molar-refractivity contribution < 1.29 is 18.9 Å². The Bertz CT molecular complexity index is 1830. The third-order valence-corrected chi connectivity index (χ3v) is 7.53. The first-order valence-corrected chi connectivity index (χ1v) is 13.2. The van der Waals surface area contributed by atoms with Gasteiger partial charge in [0, 0.05) is 28.3 Å². The average molecular weight is 564 g/mol. The van der Waals surface area contributed by atoms with Crippen LogP contribution in [-0.4, -0.2) is 22.1 Å². The predicted octanol–water partition coefficient (Wildman–Crippen LogP) is 4.93. The van der Waals surface area contributed by atoms with E-state index in [-0.39, 0.29) is 23.4 Å². The molecule has 2 aromatic heterocycles. The number of nitro benzene ring substituents is 1. The maximum atomic E-state index is 13.7. The van der Waals surface area contributed by atoms with Crippen molar-refractivity contribution in [1.29, 1.82) is 0 Å². The number of ether oxygens (including phenoxy) is 1. The van der Waals surface area contributed by atoms with Gasteiger partial charge in [-0.15, -0.1) is 0 Å². The van der Waals surface area contributed by atoms with Gasteiger partial charge in [0.2, 0.25) is 0 Å². The molecule has 2 aromatic carbocycles. The third-order valence-electron chi connectivity index (χ3n) is 6.29. The number of carbonyl (C=O) groups is 1. The SMILES string of the molecule is CCOC(=O)C1=C(C)N=c2s/c(=C/c3ccc(-c4ccc(C)c([N+](=O)[O-])c4)o3)c(=O)n2[C@@H]1c1ccc(Cl)cc1. The number of benzene rings is 2. The van der Waals surface area contributed by atoms with Crippen molar-refractivity contribution in [2.24, 2.45) is 4.99 Å². The summed E-state index contributed by atoms with van der Waals surface area (Å²) >= 11 is 7.26. The molecule has 11 heteroatoms. The number of rotatable bonds is 6. The van der Waals surface area contributed by atoms with E-state index < -0.39 is 16.9 Å². The van der Waals surface area contributed by atoms with Crippen LogP contribution in [-0.2, 0) is 9.53 Å². The van der Waals surface area contributed by atoms with Gasteiger partial charge in [0.25, 0.3) is 11.2 Å². The maximum absolute atomic E-state index is 13.7. The molecule has 0 saturated carbocycles. The lowest BCUT2D eigenvalue weighted by Crippen LogP contribution is -2.39. The van der Waals surface area contributed by atoms with Gasteiger partial charge in [-0.3, -0.25) is 19.5 Å². The maximum Gasteiger partial charge on any atom is 0.338 e. The van der Waals surface area contributed by atoms with E-state index in [0.717, 1.165) is 0 Å². The number of nitro groups is 1. The monoisotopic (exact) mass is 563 g/mol. The van der Waals surface area contributed by atoms with Gasteiger partial charge in [-0.1, -0.05) is 47.2 Å². The lowest BCUT2D eigenvalue weighted by Gasteiger charge is -2.24. The molecular formula is C28H22ClN3O6S. The first-order chi connectivity index (χ1) is 18.7. The number of halogens is 1. The fourth-order valence-electron chi connectivity index (χ4n) is 4.43. The molecule has 0 fully saturated rings. The van der Waals surface area contributed by atoms with E-state index in [1.165, 1.54) is 22.0 Å². The molecule has 4 aromatic rings. The topological polar surface area (TPSA) is 117 Å². The lowest BCUT2D eigenvalue weighted by molar-refractivity contribution is -0.385. The van der Waals surface area contributed by atoms with Crippen LogP contribution in [0, 0.1) is 17.0 Å². The highest BCUT2D eigenvalue weighted by Gasteiger charge is 2.33. The third kappa shape index (κ3) is 4.96. The summed E-state index contributed by atoms with van der Waals surface area (Å²) in [5, 5.41) is 11.9. The molecule has 1 aliphatic rings. The van der Waals surface area contributed by atoms with Gasteiger partial charge in [-0.2, -0.15) is 0 Å². The first kappa shape index (κ1) is 26.3. The number of thiazole rings is 1. The smallest absolute Gasteiger partial charge is 0.338 e. The van der Waals surface area contributed by atoms with Crippen molar-refractivity contribution in [3.05, 3.63) is 118 Å². The van der Waals surface area contributed by atoms with E-state index in [1.807, 2.05) is 0 Å². The van der Waals surface area contributed by atoms with Crippen molar-refractivity contribution in [1.82, 2.24) is 4.57 Å². The summed E-state index contributed by atoms with van der Waals surface area (Å²) in [6.45, 7) is 5.28. The van der Waals surface area contributed by atoms with Crippen molar-refractivity contribution in [3.63, 3.8) is 0 Å². The standard InChI is InChI=1S/C28H22ClN3O6S/c1-4-37-27(34)24-16(3)30-28-31(25(24)17-7-9-19(29)10-8-17)26(33)23(39-28)14-20-11-12-22(38-20)18-6-5-15(2)21(13-18)32(35)36/h5-14,25H,4H2,1-3H3/b23-14+/t25-/m1/s1. The highest BCUT2D eigenvalue weighted by atomic mass is 35.5. The minimum atomic E-state index is -0.750. The number of nitrogens with zero attached hydrogens (tertiary/aromatic N) is 3. The van der Waals surface area contributed by atoms with E-state index in [0.29, 0.717) is 48.3 Å². The number of aromatic nitrogens is 1. The van der Waals surface area contributed by atoms with E-state index in [4.69, 9.17) is 20.8 Å². The van der Waals surface area contributed by atoms with Gasteiger partial charge in [-0.25, -0.2) is 9.79 Å². The number of allylic oxidation sites excluding steroid dienone is 1. The zero-order valence-electron chi connectivity index (χ0n) is 21.1. The summed E-state index contributed by atoms with van der Waals surface area (Å²) in [5.41, 5.74) is 2.16. The Balaban J connectivity index is 1.61. The molecule has 0 unspecified atom stereocenters. The van der Waals surface area contributed by atoms with Crippen LogP contribution < -0.4 is 14.9 Å². The predicted molar refractivity (Wildman–Crippen MR) is 147 cm³/mol. The second-order valence-corrected chi connectivity index (χ2v) is 10.3. The van der Waals surface area contributed by atoms with Crippen LogP contribution in [0.25, 0.3) is 17.4 Å². The second-order valence-electron chi connectivity index (χ2n) is 8.81. The number of hydrogen-bond acceptors (Lipinski definition) is 8. The summed E-state index contributed by atoms with van der Waals surface area (Å²) in [7, 11) is 0. The van der Waals surface area contributed by atoms with E-state index >= 15 is 0 Å². The molecule has 0 N–H and O–H groups in total. The first-order valence-electron chi connectivity index (χ1n) is 12.0. The molecule has 0 saturated heterocycles. The molecular weight excluding hydrogens is 542 g/mol. The molecule has 0 radical (unpaired) electrons. The Hall–Kier alpha value is -4.28. The largest absolute Gasteiger partial charge is 0.463 e. The van der Waals surface area contributed by atoms with Crippen LogP contribution in [0.2, 0.25) is 5.02 Å². The number of esters is 1. The molecule has 5 rings (SSSR count). The van der Waals surface area contributed by atoms with Crippen molar-refractivity contribution >= 4 is 40.7 Å². The Kier molecular flexibility index (Phi) is 7.07. The second kappa shape index (κ2) is 10.5. The Morgan fingerprint density at radius 1 is 1.21 bits per heavy atom. The molecule has 0 amide bonds. The fraction of sp³-hybridized carbons (Fsp3) is 0.179. The van der Waals surface area contributed by atoms with Gasteiger partial charge < -0.3 is 9.15 Å². The van der Waals surface area contributed by atoms with E-state index in [2.05, 4.69) is 4.99 Å². The summed E-state index contributed by atoms with van der Waals surface area (Å²) in [5.74, 6) is 0.273. The summed E-state index contributed by atoms with van der Waals surface area (Å²) in [6, 6.07) is 14.4. The molecule has 39 heavy (non-hydrogen) atoms. The van der Waals surface area contributed by atoms with Gasteiger partial charge in [0.1, 0.15) is 11.5 Å². The van der Waals surface area contributed by atoms with Gasteiger partial charge >= 0.3 is 5.97 Å². The molecule has 0 aliphatic carbocycles. The summed E-state index contributed by atoms with van der Waals surface area (Å²) < 4.78 is 13.0. The Morgan fingerprint density at radius 2 is 1.95 bits per heavy atom. The number of hydrogen-bond donors (Lipinski definition) is 0. The van der Waals surface area contributed by atoms with Crippen molar-refractivity contribution in [3.8, 4) is 11.3 Å². The average Bonchev–Trinajstić information content (AvgIpc) is 3.48. The quantitative estimate of drug-likeness (QED) is 0.186. The summed E-state index contributed by atoms with van der Waals surface area (Å²) in [6.07, 6.45) is 1.60. The lowest BCUT2D eigenvalue weighted by atomic mass is 9.96. The molecule has 0 bridgehead atoms. The Morgan fingerprint density at radius 3 is 2.64 bits per heavy atom. The molecule has 3 heterocycles. The van der Waals surface area contributed by atoms with Crippen LogP contribution in [0.1, 0.15) is 36.8 Å². The highest BCUT2D eigenvalue weighted by molar-refractivity contribution is 7.07. The minimum Gasteiger partial charge on any atom is -0.463 e. The van der Waals surface area contributed by atoms with Crippen LogP contribution >= 0.6 is 22.9 Å². The zero-order chi connectivity index (χ0) is 27.8.